The molecule has 0 heterocycles. The summed E-state index contributed by atoms with van der Waals surface area (Å²) in [6.45, 7) is 6.28. The summed E-state index contributed by atoms with van der Waals surface area (Å²) in [7, 11) is 0. The molecule has 0 spiro atoms. The first-order valence-corrected chi connectivity index (χ1v) is 11.7. The number of nitriles is 1. The maximum Gasteiger partial charge on any atom is 0.266 e. The molecule has 0 unspecified atom stereocenters. The summed E-state index contributed by atoms with van der Waals surface area (Å²) >= 11 is 3.36. The summed E-state index contributed by atoms with van der Waals surface area (Å²) in [4.78, 5) is 12.7. The molecule has 3 aromatic carbocycles. The number of hydrogen-bond acceptors (Lipinski definition) is 4. The molecule has 178 valence electrons. The van der Waals surface area contributed by atoms with Gasteiger partial charge in [-0.15, -0.1) is 6.58 Å². The number of carbonyl (C=O) groups excluding carboxylic acids is 1. The van der Waals surface area contributed by atoms with Crippen LogP contribution in [0.25, 0.3) is 6.08 Å². The lowest BCUT2D eigenvalue weighted by atomic mass is 10.0. The second-order valence-corrected chi connectivity index (χ2v) is 8.40. The van der Waals surface area contributed by atoms with Crippen LogP contribution in [0.15, 0.2) is 83.4 Å². The van der Waals surface area contributed by atoms with E-state index in [1.807, 2.05) is 25.1 Å². The largest absolute Gasteiger partial charge is 0.490 e. The number of hydrogen-bond donors (Lipinski definition) is 1. The molecule has 0 aliphatic rings. The highest BCUT2D eigenvalue weighted by atomic mass is 79.9. The Morgan fingerprint density at radius 1 is 1.17 bits per heavy atom. The van der Waals surface area contributed by atoms with Gasteiger partial charge in [-0.2, -0.15) is 5.26 Å². The zero-order valence-electron chi connectivity index (χ0n) is 19.2. The smallest absolute Gasteiger partial charge is 0.266 e. The fourth-order valence-corrected chi connectivity index (χ4v) is 3.72. The van der Waals surface area contributed by atoms with Crippen molar-refractivity contribution in [1.29, 1.82) is 5.26 Å². The molecule has 7 heteroatoms. The van der Waals surface area contributed by atoms with Gasteiger partial charge in [0.25, 0.3) is 5.91 Å². The van der Waals surface area contributed by atoms with Crippen LogP contribution in [0, 0.1) is 17.1 Å². The molecule has 3 rings (SSSR count). The third-order valence-corrected chi connectivity index (χ3v) is 5.37. The molecule has 1 amide bonds. The first kappa shape index (κ1) is 25.7. The predicted molar refractivity (Wildman–Crippen MR) is 139 cm³/mol. The Bertz CT molecular complexity index is 1280. The molecule has 1 N–H and O–H groups in total. The molecule has 0 saturated carbocycles. The van der Waals surface area contributed by atoms with Crippen LogP contribution in [-0.2, 0) is 17.8 Å². The fraction of sp³-hybridized carbons (Fsp3) is 0.143. The molecule has 5 nitrogen and oxygen atoms in total. The molecule has 0 aliphatic carbocycles. The molecule has 0 bridgehead atoms. The molecular weight excluding hydrogens is 511 g/mol. The van der Waals surface area contributed by atoms with E-state index in [9.17, 15) is 14.4 Å². The van der Waals surface area contributed by atoms with Crippen molar-refractivity contribution in [2.24, 2.45) is 0 Å². The lowest BCUT2D eigenvalue weighted by Gasteiger charge is -2.17. The van der Waals surface area contributed by atoms with Gasteiger partial charge < -0.3 is 14.8 Å². The first-order chi connectivity index (χ1) is 16.9. The molecule has 0 aliphatic heterocycles. The van der Waals surface area contributed by atoms with Gasteiger partial charge in [0.05, 0.1) is 6.61 Å². The number of amides is 1. The minimum absolute atomic E-state index is 0.0584. The maximum atomic E-state index is 13.2. The van der Waals surface area contributed by atoms with Crippen LogP contribution in [0.3, 0.4) is 0 Å². The normalized spacial score (nSPS) is 10.9. The third-order valence-electron chi connectivity index (χ3n) is 4.87. The number of benzene rings is 3. The summed E-state index contributed by atoms with van der Waals surface area (Å²) in [5.41, 5.74) is 2.71. The number of ether oxygens (including phenoxy) is 2. The van der Waals surface area contributed by atoms with Crippen LogP contribution in [0.1, 0.15) is 23.6 Å². The average Bonchev–Trinajstić information content (AvgIpc) is 2.83. The van der Waals surface area contributed by atoms with Gasteiger partial charge in [0.15, 0.2) is 11.5 Å². The minimum Gasteiger partial charge on any atom is -0.490 e. The molecule has 0 atom stereocenters. The van der Waals surface area contributed by atoms with Crippen LogP contribution < -0.4 is 14.8 Å². The molecule has 0 saturated heterocycles. The van der Waals surface area contributed by atoms with E-state index in [0.717, 1.165) is 15.6 Å². The number of carbonyl (C=O) groups is 1. The van der Waals surface area contributed by atoms with Gasteiger partial charge in [0, 0.05) is 15.7 Å². The lowest BCUT2D eigenvalue weighted by Crippen LogP contribution is -2.13. The van der Waals surface area contributed by atoms with Crippen molar-refractivity contribution in [3.63, 3.8) is 0 Å². The zero-order valence-corrected chi connectivity index (χ0v) is 20.8. The van der Waals surface area contributed by atoms with E-state index in [2.05, 4.69) is 27.8 Å². The lowest BCUT2D eigenvalue weighted by molar-refractivity contribution is -0.112. The number of rotatable bonds is 10. The van der Waals surface area contributed by atoms with E-state index in [0.29, 0.717) is 35.8 Å². The van der Waals surface area contributed by atoms with Crippen molar-refractivity contribution in [3.05, 3.63) is 106 Å². The van der Waals surface area contributed by atoms with Crippen molar-refractivity contribution in [2.45, 2.75) is 20.0 Å². The van der Waals surface area contributed by atoms with E-state index >= 15 is 0 Å². The average molecular weight is 535 g/mol. The molecule has 0 fully saturated rings. The maximum absolute atomic E-state index is 13.2. The number of halogens is 2. The van der Waals surface area contributed by atoms with Gasteiger partial charge in [-0.05, 0) is 73.0 Å². The second-order valence-electron chi connectivity index (χ2n) is 7.48. The summed E-state index contributed by atoms with van der Waals surface area (Å²) in [6, 6.07) is 18.7. The van der Waals surface area contributed by atoms with Crippen molar-refractivity contribution in [3.8, 4) is 17.6 Å². The number of nitrogens with one attached hydrogen (secondary N) is 1. The Morgan fingerprint density at radius 3 is 2.60 bits per heavy atom. The summed E-state index contributed by atoms with van der Waals surface area (Å²) in [6.07, 6.45) is 3.72. The summed E-state index contributed by atoms with van der Waals surface area (Å²) < 4.78 is 25.9. The van der Waals surface area contributed by atoms with Crippen LogP contribution in [0.4, 0.5) is 10.1 Å². The van der Waals surface area contributed by atoms with E-state index in [4.69, 9.17) is 9.47 Å². The van der Waals surface area contributed by atoms with E-state index in [1.165, 1.54) is 18.2 Å². The van der Waals surface area contributed by atoms with Gasteiger partial charge in [-0.25, -0.2) is 4.39 Å². The zero-order chi connectivity index (χ0) is 25.2. The van der Waals surface area contributed by atoms with Crippen molar-refractivity contribution < 1.29 is 18.7 Å². The van der Waals surface area contributed by atoms with E-state index in [1.54, 1.807) is 42.5 Å². The van der Waals surface area contributed by atoms with Gasteiger partial charge in [0.2, 0.25) is 0 Å². The molecular formula is C28H24BrFN2O3. The highest BCUT2D eigenvalue weighted by Crippen LogP contribution is 2.35. The topological polar surface area (TPSA) is 71.4 Å². The number of nitrogens with zero attached hydrogens (tertiary/aromatic N) is 1. The molecule has 0 radical (unpaired) electrons. The van der Waals surface area contributed by atoms with Gasteiger partial charge in [-0.3, -0.25) is 4.79 Å². The fourth-order valence-electron chi connectivity index (χ4n) is 3.32. The van der Waals surface area contributed by atoms with Crippen LogP contribution in [0.5, 0.6) is 11.5 Å². The third kappa shape index (κ3) is 7.29. The Labute approximate surface area is 212 Å². The summed E-state index contributed by atoms with van der Waals surface area (Å²) in [5.74, 6) is 0.171. The van der Waals surface area contributed by atoms with E-state index in [-0.39, 0.29) is 18.0 Å². The molecule has 0 aromatic heterocycles. The number of allylic oxidation sites excluding steroid dienone is 1. The Kier molecular flexibility index (Phi) is 9.22. The van der Waals surface area contributed by atoms with Crippen LogP contribution in [-0.4, -0.2) is 12.5 Å². The number of anilines is 1. The van der Waals surface area contributed by atoms with Gasteiger partial charge in [0.1, 0.15) is 24.1 Å². The van der Waals surface area contributed by atoms with E-state index < -0.39 is 5.91 Å². The van der Waals surface area contributed by atoms with Crippen LogP contribution >= 0.6 is 15.9 Å². The predicted octanol–water partition coefficient (Wildman–Crippen LogP) is 6.84. The van der Waals surface area contributed by atoms with Crippen molar-refractivity contribution in [2.75, 3.05) is 11.9 Å². The standard InChI is InChI=1S/C28H24BrFN2O3/c1-3-6-21-13-20(14-22(17-31)28(33)32-25-8-5-7-23(29)16-25)15-26(34-4-2)27(21)35-18-19-9-11-24(30)12-10-19/h3,5,7-16H,1,4,6,18H2,2H3,(H,32,33)/b22-14-. The Morgan fingerprint density at radius 2 is 1.94 bits per heavy atom. The van der Waals surface area contributed by atoms with Gasteiger partial charge >= 0.3 is 0 Å². The Hall–Kier alpha value is -3.89. The SMILES string of the molecule is C=CCc1cc(/C=C(/C#N)C(=O)Nc2cccc(Br)c2)cc(OCC)c1OCc1ccc(F)cc1. The highest BCUT2D eigenvalue weighted by Gasteiger charge is 2.15. The minimum atomic E-state index is -0.523. The second kappa shape index (κ2) is 12.5. The van der Waals surface area contributed by atoms with Gasteiger partial charge in [-0.1, -0.05) is 40.2 Å². The van der Waals surface area contributed by atoms with Crippen LogP contribution in [0.2, 0.25) is 0 Å². The summed E-state index contributed by atoms with van der Waals surface area (Å²) in [5, 5.41) is 12.4. The first-order valence-electron chi connectivity index (χ1n) is 10.9. The van der Waals surface area contributed by atoms with Crippen molar-refractivity contribution in [1.82, 2.24) is 0 Å². The highest BCUT2D eigenvalue weighted by molar-refractivity contribution is 9.10. The monoisotopic (exact) mass is 534 g/mol. The Balaban J connectivity index is 1.92. The van der Waals surface area contributed by atoms with Crippen molar-refractivity contribution >= 4 is 33.6 Å². The quantitative estimate of drug-likeness (QED) is 0.175. The molecule has 3 aromatic rings. The molecule has 35 heavy (non-hydrogen) atoms.